The van der Waals surface area contributed by atoms with Crippen LogP contribution in [-0.2, 0) is 9.53 Å². The quantitative estimate of drug-likeness (QED) is 0.819. The highest BCUT2D eigenvalue weighted by atomic mass is 19.2. The molecule has 1 saturated heterocycles. The summed E-state index contributed by atoms with van der Waals surface area (Å²) in [7, 11) is 0. The third kappa shape index (κ3) is 3.74. The van der Waals surface area contributed by atoms with Crippen LogP contribution in [0.4, 0.5) is 18.9 Å². The van der Waals surface area contributed by atoms with E-state index in [-0.39, 0.29) is 18.3 Å². The van der Waals surface area contributed by atoms with Crippen LogP contribution in [0.5, 0.6) is 0 Å². The molecule has 2 unspecified atom stereocenters. The Labute approximate surface area is 120 Å². The van der Waals surface area contributed by atoms with Gasteiger partial charge in [0, 0.05) is 23.9 Å². The lowest BCUT2D eigenvalue weighted by Gasteiger charge is -2.18. The average molecular weight is 302 g/mol. The Kier molecular flexibility index (Phi) is 5.19. The minimum Gasteiger partial charge on any atom is -0.379 e. The van der Waals surface area contributed by atoms with Gasteiger partial charge in [-0.25, -0.2) is 13.2 Å². The predicted molar refractivity (Wildman–Crippen MR) is 71.3 cm³/mol. The van der Waals surface area contributed by atoms with Crippen LogP contribution in [-0.4, -0.2) is 31.7 Å². The zero-order chi connectivity index (χ0) is 15.4. The Morgan fingerprint density at radius 3 is 2.57 bits per heavy atom. The van der Waals surface area contributed by atoms with Gasteiger partial charge >= 0.3 is 0 Å². The van der Waals surface area contributed by atoms with Crippen molar-refractivity contribution in [2.45, 2.75) is 19.4 Å². The second-order valence-electron chi connectivity index (χ2n) is 4.95. The number of halogens is 3. The second kappa shape index (κ2) is 6.91. The van der Waals surface area contributed by atoms with E-state index in [0.29, 0.717) is 6.61 Å². The molecule has 2 N–H and O–H groups in total. The van der Waals surface area contributed by atoms with Crippen molar-refractivity contribution in [3.05, 3.63) is 29.6 Å². The lowest BCUT2D eigenvalue weighted by Crippen LogP contribution is -2.41. The molecule has 2 atom stereocenters. The molecule has 0 spiro atoms. The number of carbonyl (C=O) groups excluding carboxylic acids is 1. The van der Waals surface area contributed by atoms with E-state index >= 15 is 0 Å². The van der Waals surface area contributed by atoms with Gasteiger partial charge in [-0.05, 0) is 13.0 Å². The molecule has 4 nitrogen and oxygen atoms in total. The summed E-state index contributed by atoms with van der Waals surface area (Å²) in [6, 6.07) is 1.36. The molecule has 21 heavy (non-hydrogen) atoms. The Hall–Kier alpha value is -1.60. The lowest BCUT2D eigenvalue weighted by atomic mass is 10.0. The summed E-state index contributed by atoms with van der Waals surface area (Å²) in [4.78, 5) is 12.1. The van der Waals surface area contributed by atoms with Crippen LogP contribution in [0.15, 0.2) is 12.1 Å². The highest BCUT2D eigenvalue weighted by molar-refractivity contribution is 5.93. The molecule has 1 amide bonds. The first-order valence-corrected chi connectivity index (χ1v) is 6.79. The average Bonchev–Trinajstić information content (AvgIpc) is 2.90. The van der Waals surface area contributed by atoms with Crippen molar-refractivity contribution in [2.24, 2.45) is 5.92 Å². The first-order valence-electron chi connectivity index (χ1n) is 6.79. The van der Waals surface area contributed by atoms with Crippen LogP contribution >= 0.6 is 0 Å². The van der Waals surface area contributed by atoms with Gasteiger partial charge in [0.15, 0.2) is 17.5 Å². The van der Waals surface area contributed by atoms with Crippen molar-refractivity contribution in [1.29, 1.82) is 0 Å². The topological polar surface area (TPSA) is 50.4 Å². The van der Waals surface area contributed by atoms with Crippen molar-refractivity contribution >= 4 is 11.6 Å². The van der Waals surface area contributed by atoms with Gasteiger partial charge in [-0.15, -0.1) is 0 Å². The molecule has 1 aromatic carbocycles. The van der Waals surface area contributed by atoms with Crippen LogP contribution in [0.25, 0.3) is 0 Å². The lowest BCUT2D eigenvalue weighted by molar-refractivity contribution is -0.120. The van der Waals surface area contributed by atoms with Crippen LogP contribution in [0, 0.1) is 23.4 Å². The van der Waals surface area contributed by atoms with Crippen molar-refractivity contribution < 1.29 is 22.7 Å². The number of hydrogen-bond acceptors (Lipinski definition) is 3. The van der Waals surface area contributed by atoms with Gasteiger partial charge in [0.05, 0.1) is 19.1 Å². The molecule has 0 bridgehead atoms. The Bertz CT molecular complexity index is 502. The first kappa shape index (κ1) is 15.8. The monoisotopic (exact) mass is 302 g/mol. The SMILES string of the molecule is CCCNC1COCC1C(=O)Nc1cc(F)c(F)c(F)c1. The summed E-state index contributed by atoms with van der Waals surface area (Å²) < 4.78 is 44.3. The highest BCUT2D eigenvalue weighted by Gasteiger charge is 2.33. The summed E-state index contributed by atoms with van der Waals surface area (Å²) in [5, 5.41) is 5.58. The van der Waals surface area contributed by atoms with E-state index in [1.807, 2.05) is 6.92 Å². The fourth-order valence-electron chi connectivity index (χ4n) is 2.21. The Morgan fingerprint density at radius 2 is 1.95 bits per heavy atom. The van der Waals surface area contributed by atoms with Gasteiger partial charge in [0.1, 0.15) is 0 Å². The molecular weight excluding hydrogens is 285 g/mol. The smallest absolute Gasteiger partial charge is 0.231 e. The van der Waals surface area contributed by atoms with Crippen molar-refractivity contribution in [3.8, 4) is 0 Å². The fraction of sp³-hybridized carbons (Fsp3) is 0.500. The van der Waals surface area contributed by atoms with Crippen molar-refractivity contribution in [3.63, 3.8) is 0 Å². The van der Waals surface area contributed by atoms with Gasteiger partial charge in [0.2, 0.25) is 5.91 Å². The second-order valence-corrected chi connectivity index (χ2v) is 4.95. The molecular formula is C14H17F3N2O2. The molecule has 1 aliphatic heterocycles. The van der Waals surface area contributed by atoms with Gasteiger partial charge < -0.3 is 15.4 Å². The van der Waals surface area contributed by atoms with E-state index in [9.17, 15) is 18.0 Å². The number of nitrogens with one attached hydrogen (secondary N) is 2. The molecule has 116 valence electrons. The highest BCUT2D eigenvalue weighted by Crippen LogP contribution is 2.20. The maximum absolute atomic E-state index is 13.1. The van der Waals surface area contributed by atoms with E-state index in [4.69, 9.17) is 4.74 Å². The van der Waals surface area contributed by atoms with E-state index in [0.717, 1.165) is 25.1 Å². The number of hydrogen-bond donors (Lipinski definition) is 2. The molecule has 7 heteroatoms. The minimum absolute atomic E-state index is 0.113. The van der Waals surface area contributed by atoms with E-state index in [1.165, 1.54) is 0 Å². The van der Waals surface area contributed by atoms with Gasteiger partial charge in [-0.1, -0.05) is 6.92 Å². The normalized spacial score (nSPS) is 21.5. The third-order valence-electron chi connectivity index (χ3n) is 3.33. The van der Waals surface area contributed by atoms with Crippen LogP contribution in [0.1, 0.15) is 13.3 Å². The molecule has 2 rings (SSSR count). The number of carbonyl (C=O) groups is 1. The largest absolute Gasteiger partial charge is 0.379 e. The van der Waals surface area contributed by atoms with Gasteiger partial charge in [0.25, 0.3) is 0 Å². The van der Waals surface area contributed by atoms with E-state index in [1.54, 1.807) is 0 Å². The summed E-state index contributed by atoms with van der Waals surface area (Å²) in [6.07, 6.45) is 0.916. The molecule has 1 aliphatic rings. The number of anilines is 1. The van der Waals surface area contributed by atoms with Gasteiger partial charge in [-0.3, -0.25) is 4.79 Å². The summed E-state index contributed by atoms with van der Waals surface area (Å²) in [6.45, 7) is 3.39. The third-order valence-corrected chi connectivity index (χ3v) is 3.33. The zero-order valence-corrected chi connectivity index (χ0v) is 11.6. The van der Waals surface area contributed by atoms with Crippen molar-refractivity contribution in [1.82, 2.24) is 5.32 Å². The van der Waals surface area contributed by atoms with Crippen LogP contribution < -0.4 is 10.6 Å². The van der Waals surface area contributed by atoms with Gasteiger partial charge in [-0.2, -0.15) is 0 Å². The van der Waals surface area contributed by atoms with Crippen molar-refractivity contribution in [2.75, 3.05) is 25.1 Å². The number of benzene rings is 1. The van der Waals surface area contributed by atoms with E-state index in [2.05, 4.69) is 10.6 Å². The minimum atomic E-state index is -1.56. The Morgan fingerprint density at radius 1 is 1.29 bits per heavy atom. The maximum atomic E-state index is 13.1. The number of rotatable bonds is 5. The molecule has 1 aromatic rings. The summed E-state index contributed by atoms with van der Waals surface area (Å²) >= 11 is 0. The number of ether oxygens (including phenoxy) is 1. The molecule has 0 aromatic heterocycles. The molecule has 0 radical (unpaired) electrons. The van der Waals surface area contributed by atoms with E-state index < -0.39 is 29.3 Å². The predicted octanol–water partition coefficient (Wildman–Crippen LogP) is 2.06. The van der Waals surface area contributed by atoms with Crippen LogP contribution in [0.2, 0.25) is 0 Å². The number of amides is 1. The fourth-order valence-corrected chi connectivity index (χ4v) is 2.21. The molecule has 1 fully saturated rings. The first-order chi connectivity index (χ1) is 10.0. The maximum Gasteiger partial charge on any atom is 0.231 e. The zero-order valence-electron chi connectivity index (χ0n) is 11.6. The van der Waals surface area contributed by atoms with Crippen LogP contribution in [0.3, 0.4) is 0 Å². The summed E-state index contributed by atoms with van der Waals surface area (Å²) in [5.41, 5.74) is -0.113. The molecule has 0 saturated carbocycles. The standard InChI is InChI=1S/C14H17F3N2O2/c1-2-3-18-12-7-21-6-9(12)14(20)19-8-4-10(15)13(17)11(16)5-8/h4-5,9,12,18H,2-3,6-7H2,1H3,(H,19,20). The Balaban J connectivity index is 2.03. The summed E-state index contributed by atoms with van der Waals surface area (Å²) in [5.74, 6) is -5.10. The molecule has 1 heterocycles. The molecule has 0 aliphatic carbocycles.